The van der Waals surface area contributed by atoms with Crippen molar-refractivity contribution in [2.24, 2.45) is 28.6 Å². The second kappa shape index (κ2) is 7.68. The Labute approximate surface area is 184 Å². The summed E-state index contributed by atoms with van der Waals surface area (Å²) >= 11 is 0. The minimum atomic E-state index is -1.25. The Morgan fingerprint density at radius 2 is 1.77 bits per heavy atom. The maximum absolute atomic E-state index is 13.5. The van der Waals surface area contributed by atoms with Crippen molar-refractivity contribution >= 4 is 22.8 Å². The number of benzene rings is 1. The van der Waals surface area contributed by atoms with Gasteiger partial charge in [0.2, 0.25) is 5.91 Å². The number of esters is 1. The van der Waals surface area contributed by atoms with Crippen molar-refractivity contribution in [3.8, 4) is 0 Å². The van der Waals surface area contributed by atoms with Crippen LogP contribution in [0.4, 0.5) is 0 Å². The number of amides is 1. The summed E-state index contributed by atoms with van der Waals surface area (Å²) in [6, 6.07) is 7.99. The van der Waals surface area contributed by atoms with Crippen molar-refractivity contribution in [3.05, 3.63) is 36.0 Å². The number of ether oxygens (including phenoxy) is 1. The zero-order valence-corrected chi connectivity index (χ0v) is 18.7. The average molecular weight is 423 g/mol. The molecule has 6 rings (SSSR count). The van der Waals surface area contributed by atoms with Gasteiger partial charge in [0, 0.05) is 23.6 Å². The molecule has 1 amide bonds. The van der Waals surface area contributed by atoms with Crippen LogP contribution in [0.3, 0.4) is 0 Å². The van der Waals surface area contributed by atoms with Crippen molar-refractivity contribution in [2.45, 2.75) is 58.8 Å². The van der Waals surface area contributed by atoms with Gasteiger partial charge in [0.15, 0.2) is 0 Å². The van der Waals surface area contributed by atoms with Crippen molar-refractivity contribution in [1.29, 1.82) is 0 Å². The lowest BCUT2D eigenvalue weighted by atomic mass is 9.49. The Balaban J connectivity index is 1.35. The molecule has 1 heterocycles. The summed E-state index contributed by atoms with van der Waals surface area (Å²) in [7, 11) is 0. The van der Waals surface area contributed by atoms with E-state index in [1.165, 1.54) is 38.5 Å². The quantitative estimate of drug-likeness (QED) is 0.505. The van der Waals surface area contributed by atoms with Crippen LogP contribution >= 0.6 is 0 Å². The van der Waals surface area contributed by atoms with Crippen molar-refractivity contribution < 1.29 is 14.3 Å². The van der Waals surface area contributed by atoms with Gasteiger partial charge in [-0.2, -0.15) is 0 Å². The topological polar surface area (TPSA) is 71.2 Å². The number of carbonyl (C=O) groups excluding carboxylic acids is 2. The van der Waals surface area contributed by atoms with Gasteiger partial charge in [0.1, 0.15) is 5.41 Å². The largest absolute Gasteiger partial charge is 0.465 e. The number of hydrogen-bond acceptors (Lipinski definition) is 3. The molecule has 2 N–H and O–H groups in total. The molecule has 166 valence electrons. The molecule has 0 spiro atoms. The van der Waals surface area contributed by atoms with Gasteiger partial charge in [-0.05, 0) is 93.6 Å². The van der Waals surface area contributed by atoms with E-state index in [2.05, 4.69) is 10.3 Å². The molecule has 5 nitrogen and oxygen atoms in total. The van der Waals surface area contributed by atoms with Crippen LogP contribution in [0.25, 0.3) is 10.9 Å². The van der Waals surface area contributed by atoms with E-state index < -0.39 is 11.4 Å². The fraction of sp³-hybridized carbons (Fsp3) is 0.615. The van der Waals surface area contributed by atoms with Crippen molar-refractivity contribution in [1.82, 2.24) is 10.3 Å². The second-order valence-corrected chi connectivity index (χ2v) is 10.7. The summed E-state index contributed by atoms with van der Waals surface area (Å²) in [4.78, 5) is 29.8. The maximum Gasteiger partial charge on any atom is 0.321 e. The molecule has 4 bridgehead atoms. The molecule has 0 radical (unpaired) electrons. The number of hydrogen-bond donors (Lipinski definition) is 2. The third kappa shape index (κ3) is 3.66. The molecule has 31 heavy (non-hydrogen) atoms. The van der Waals surface area contributed by atoms with Gasteiger partial charge in [-0.25, -0.2) is 0 Å². The minimum Gasteiger partial charge on any atom is -0.465 e. The van der Waals surface area contributed by atoms with Gasteiger partial charge >= 0.3 is 5.97 Å². The van der Waals surface area contributed by atoms with Crippen LogP contribution in [-0.4, -0.2) is 30.0 Å². The smallest absolute Gasteiger partial charge is 0.321 e. The molecule has 1 atom stereocenters. The fourth-order valence-corrected chi connectivity index (χ4v) is 7.16. The molecule has 0 aliphatic heterocycles. The molecule has 0 saturated heterocycles. The molecule has 4 saturated carbocycles. The summed E-state index contributed by atoms with van der Waals surface area (Å²) in [5.74, 6) is 1.87. The van der Waals surface area contributed by atoms with Crippen molar-refractivity contribution in [3.63, 3.8) is 0 Å². The van der Waals surface area contributed by atoms with Gasteiger partial charge in [0.25, 0.3) is 0 Å². The van der Waals surface area contributed by atoms with Crippen LogP contribution in [0.15, 0.2) is 30.5 Å². The highest BCUT2D eigenvalue weighted by Crippen LogP contribution is 2.59. The molecule has 2 aromatic rings. The number of carbonyl (C=O) groups is 2. The summed E-state index contributed by atoms with van der Waals surface area (Å²) in [6.45, 7) is 4.49. The van der Waals surface area contributed by atoms with E-state index in [1.807, 2.05) is 30.5 Å². The SMILES string of the molecule is CCOC(=O)C(C)(Cc1c[nH]c2ccccc12)C(=O)NCC12CC3CC(CC(C3)C1)C2. The predicted octanol–water partition coefficient (Wildman–Crippen LogP) is 4.61. The zero-order chi connectivity index (χ0) is 21.6. The van der Waals surface area contributed by atoms with E-state index in [4.69, 9.17) is 4.74 Å². The first-order valence-electron chi connectivity index (χ1n) is 11.9. The standard InChI is InChI=1S/C26H34N2O3/c1-3-31-24(30)25(2,14-20-15-27-22-7-5-4-6-21(20)22)23(29)28-16-26-11-17-8-18(12-26)10-19(9-17)13-26/h4-7,15,17-19,27H,3,8-14,16H2,1-2H3,(H,28,29). The summed E-state index contributed by atoms with van der Waals surface area (Å²) < 4.78 is 5.37. The Morgan fingerprint density at radius 1 is 1.13 bits per heavy atom. The van der Waals surface area contributed by atoms with E-state index in [1.54, 1.807) is 13.8 Å². The van der Waals surface area contributed by atoms with Crippen LogP contribution in [0, 0.1) is 28.6 Å². The number of rotatable bonds is 7. The number of aromatic amines is 1. The molecular weight excluding hydrogens is 388 g/mol. The number of aromatic nitrogens is 1. The number of para-hydroxylation sites is 1. The Hall–Kier alpha value is -2.30. The third-order valence-corrected chi connectivity index (χ3v) is 8.24. The molecule has 4 aliphatic rings. The van der Waals surface area contributed by atoms with E-state index in [9.17, 15) is 9.59 Å². The first kappa shape index (κ1) is 20.6. The van der Waals surface area contributed by atoms with Crippen LogP contribution in [-0.2, 0) is 20.7 Å². The highest BCUT2D eigenvalue weighted by Gasteiger charge is 2.51. The molecule has 4 aliphatic carbocycles. The first-order chi connectivity index (χ1) is 14.9. The lowest BCUT2D eigenvalue weighted by Crippen LogP contribution is -2.54. The molecule has 1 unspecified atom stereocenters. The van der Waals surface area contributed by atoms with Crippen molar-refractivity contribution in [2.75, 3.05) is 13.2 Å². The van der Waals surface area contributed by atoms with E-state index in [0.29, 0.717) is 13.0 Å². The normalized spacial score (nSPS) is 30.8. The lowest BCUT2D eigenvalue weighted by molar-refractivity contribution is -0.160. The average Bonchev–Trinajstić information content (AvgIpc) is 3.14. The predicted molar refractivity (Wildman–Crippen MR) is 120 cm³/mol. The molecule has 4 fully saturated rings. The van der Waals surface area contributed by atoms with Crippen LogP contribution in [0.5, 0.6) is 0 Å². The number of H-pyrrole nitrogens is 1. The van der Waals surface area contributed by atoms with E-state index in [-0.39, 0.29) is 17.9 Å². The monoisotopic (exact) mass is 422 g/mol. The summed E-state index contributed by atoms with van der Waals surface area (Å²) in [6.07, 6.45) is 10.1. The Kier molecular flexibility index (Phi) is 5.10. The highest BCUT2D eigenvalue weighted by molar-refractivity contribution is 6.03. The molecule has 1 aromatic carbocycles. The second-order valence-electron chi connectivity index (χ2n) is 10.7. The minimum absolute atomic E-state index is 0.202. The van der Waals surface area contributed by atoms with Gasteiger partial charge in [-0.3, -0.25) is 9.59 Å². The number of fused-ring (bicyclic) bond motifs is 1. The summed E-state index contributed by atoms with van der Waals surface area (Å²) in [5.41, 5.74) is 0.970. The molecule has 1 aromatic heterocycles. The zero-order valence-electron chi connectivity index (χ0n) is 18.7. The molecular formula is C26H34N2O3. The number of nitrogens with one attached hydrogen (secondary N) is 2. The van der Waals surface area contributed by atoms with Gasteiger partial charge in [-0.1, -0.05) is 18.2 Å². The third-order valence-electron chi connectivity index (χ3n) is 8.24. The molecule has 5 heteroatoms. The Morgan fingerprint density at radius 3 is 2.42 bits per heavy atom. The van der Waals surface area contributed by atoms with Gasteiger partial charge < -0.3 is 15.0 Å². The van der Waals surface area contributed by atoms with Crippen LogP contribution in [0.1, 0.15) is 57.9 Å². The van der Waals surface area contributed by atoms with Crippen LogP contribution < -0.4 is 5.32 Å². The highest BCUT2D eigenvalue weighted by atomic mass is 16.5. The van der Waals surface area contributed by atoms with E-state index >= 15 is 0 Å². The van der Waals surface area contributed by atoms with E-state index in [0.717, 1.165) is 34.2 Å². The lowest BCUT2D eigenvalue weighted by Gasteiger charge is -2.57. The first-order valence-corrected chi connectivity index (χ1v) is 11.9. The van der Waals surface area contributed by atoms with Crippen LogP contribution in [0.2, 0.25) is 0 Å². The maximum atomic E-state index is 13.5. The fourth-order valence-electron chi connectivity index (χ4n) is 7.16. The summed E-state index contributed by atoms with van der Waals surface area (Å²) in [5, 5.41) is 4.28. The van der Waals surface area contributed by atoms with Gasteiger partial charge in [-0.15, -0.1) is 0 Å². The van der Waals surface area contributed by atoms with Gasteiger partial charge in [0.05, 0.1) is 6.61 Å². The Bertz CT molecular complexity index is 958.